The molecule has 0 aliphatic heterocycles. The number of nitrogens with zero attached hydrogens (tertiary/aromatic N) is 1. The zero-order valence-corrected chi connectivity index (χ0v) is 17.0. The smallest absolute Gasteiger partial charge is 0.495 e. The highest BCUT2D eigenvalue weighted by atomic mass is 35.5. The lowest BCUT2D eigenvalue weighted by molar-refractivity contribution is -0.274. The molecule has 0 bridgehead atoms. The number of alkyl halides is 3. The predicted octanol–water partition coefficient (Wildman–Crippen LogP) is 5.63. The van der Waals surface area contributed by atoms with Crippen molar-refractivity contribution in [1.82, 2.24) is 4.98 Å². The molecule has 1 heterocycles. The molecule has 0 unspecified atom stereocenters. The molecule has 6 nitrogen and oxygen atoms in total. The highest BCUT2D eigenvalue weighted by molar-refractivity contribution is 7.13. The number of aromatic nitrogens is 1. The van der Waals surface area contributed by atoms with Crippen molar-refractivity contribution in [3.05, 3.63) is 58.6 Å². The molecule has 1 aromatic heterocycles. The zero-order valence-electron chi connectivity index (χ0n) is 15.4. The molecule has 3 aromatic rings. The Morgan fingerprint density at radius 2 is 1.93 bits per heavy atom. The fraction of sp³-hybridized carbons (Fsp3) is 0.158. The molecule has 0 fully saturated rings. The second-order valence-corrected chi connectivity index (χ2v) is 7.21. The number of nitrogens with one attached hydrogen (secondary N) is 2. The number of rotatable bonds is 7. The molecule has 0 atom stereocenters. The number of halogens is 4. The minimum atomic E-state index is -4.74. The molecule has 0 spiro atoms. The third kappa shape index (κ3) is 6.26. The van der Waals surface area contributed by atoms with Gasteiger partial charge in [-0.3, -0.25) is 4.79 Å². The van der Waals surface area contributed by atoms with Crippen LogP contribution in [0.1, 0.15) is 5.69 Å². The molecule has 2 N–H and O–H groups in total. The summed E-state index contributed by atoms with van der Waals surface area (Å²) < 4.78 is 45.6. The second-order valence-electron chi connectivity index (χ2n) is 5.91. The van der Waals surface area contributed by atoms with Crippen molar-refractivity contribution in [2.45, 2.75) is 12.8 Å². The summed E-state index contributed by atoms with van der Waals surface area (Å²) in [4.78, 5) is 16.6. The molecule has 11 heteroatoms. The maximum absolute atomic E-state index is 12.3. The summed E-state index contributed by atoms with van der Waals surface area (Å²) in [5.41, 5.74) is 1.50. The van der Waals surface area contributed by atoms with E-state index >= 15 is 0 Å². The number of carbonyl (C=O) groups excluding carboxylic acids is 1. The van der Waals surface area contributed by atoms with Gasteiger partial charge in [-0.15, -0.1) is 24.5 Å². The van der Waals surface area contributed by atoms with E-state index in [1.54, 1.807) is 23.6 Å². The Balaban J connectivity index is 1.59. The molecule has 1 amide bonds. The average molecular weight is 458 g/mol. The van der Waals surface area contributed by atoms with Gasteiger partial charge in [0.1, 0.15) is 11.5 Å². The summed E-state index contributed by atoms with van der Waals surface area (Å²) in [6, 6.07) is 10.1. The van der Waals surface area contributed by atoms with E-state index in [0.717, 1.165) is 0 Å². The fourth-order valence-corrected chi connectivity index (χ4v) is 3.35. The molecule has 0 radical (unpaired) electrons. The fourth-order valence-electron chi connectivity index (χ4n) is 2.45. The number of hydrogen-bond donors (Lipinski definition) is 2. The van der Waals surface area contributed by atoms with Crippen LogP contribution in [-0.4, -0.2) is 24.4 Å². The van der Waals surface area contributed by atoms with Gasteiger partial charge in [0.05, 0.1) is 24.9 Å². The van der Waals surface area contributed by atoms with Crippen molar-refractivity contribution in [3.63, 3.8) is 0 Å². The standard InChI is InChI=1S/C19H15ClF3N3O3S/c1-28-16-7-2-11(20)8-15(16)26-17(27)9-13-10-30-18(25-13)24-12-3-5-14(6-4-12)29-19(21,22)23/h2-8,10H,9H2,1H3,(H,24,25)(H,26,27). The summed E-state index contributed by atoms with van der Waals surface area (Å²) in [5.74, 6) is -0.145. The number of anilines is 3. The molecule has 0 aliphatic rings. The number of thiazole rings is 1. The SMILES string of the molecule is COc1ccc(Cl)cc1NC(=O)Cc1csc(Nc2ccc(OC(F)(F)F)cc2)n1. The maximum Gasteiger partial charge on any atom is 0.573 e. The number of carbonyl (C=O) groups is 1. The highest BCUT2D eigenvalue weighted by Gasteiger charge is 2.30. The maximum atomic E-state index is 12.3. The molecule has 2 aromatic carbocycles. The number of ether oxygens (including phenoxy) is 2. The molecular formula is C19H15ClF3N3O3S. The number of hydrogen-bond acceptors (Lipinski definition) is 6. The van der Waals surface area contributed by atoms with Gasteiger partial charge >= 0.3 is 6.36 Å². The Labute approximate surface area is 178 Å². The van der Waals surface area contributed by atoms with E-state index in [1.807, 2.05) is 0 Å². The van der Waals surface area contributed by atoms with E-state index in [-0.39, 0.29) is 18.1 Å². The molecule has 158 valence electrons. The Morgan fingerprint density at radius 1 is 1.20 bits per heavy atom. The van der Waals surface area contributed by atoms with Crippen molar-refractivity contribution in [1.29, 1.82) is 0 Å². The van der Waals surface area contributed by atoms with Crippen LogP contribution in [0, 0.1) is 0 Å². The van der Waals surface area contributed by atoms with Crippen LogP contribution < -0.4 is 20.1 Å². The summed E-state index contributed by atoms with van der Waals surface area (Å²) in [5, 5.41) is 8.34. The second kappa shape index (κ2) is 9.23. The van der Waals surface area contributed by atoms with Crippen LogP contribution in [0.3, 0.4) is 0 Å². The molecule has 0 saturated heterocycles. The number of amides is 1. The topological polar surface area (TPSA) is 72.5 Å². The van der Waals surface area contributed by atoms with E-state index in [4.69, 9.17) is 16.3 Å². The van der Waals surface area contributed by atoms with Crippen molar-refractivity contribution in [3.8, 4) is 11.5 Å². The summed E-state index contributed by atoms with van der Waals surface area (Å²) in [7, 11) is 1.49. The molecular weight excluding hydrogens is 443 g/mol. The Bertz CT molecular complexity index is 1030. The first-order chi connectivity index (χ1) is 14.2. The largest absolute Gasteiger partial charge is 0.573 e. The molecule has 3 rings (SSSR count). The Kier molecular flexibility index (Phi) is 6.68. The van der Waals surface area contributed by atoms with Gasteiger partial charge in [0, 0.05) is 16.1 Å². The van der Waals surface area contributed by atoms with Gasteiger partial charge in [-0.25, -0.2) is 4.98 Å². The zero-order chi connectivity index (χ0) is 21.7. The van der Waals surface area contributed by atoms with Crippen LogP contribution in [0.2, 0.25) is 5.02 Å². The molecule has 0 aliphatic carbocycles. The van der Waals surface area contributed by atoms with Crippen molar-refractivity contribution in [2.75, 3.05) is 17.7 Å². The Morgan fingerprint density at radius 3 is 2.60 bits per heavy atom. The first kappa shape index (κ1) is 21.7. The normalized spacial score (nSPS) is 11.1. The van der Waals surface area contributed by atoms with Gasteiger partial charge in [-0.1, -0.05) is 11.6 Å². The van der Waals surface area contributed by atoms with Gasteiger partial charge in [-0.2, -0.15) is 0 Å². The van der Waals surface area contributed by atoms with E-state index in [0.29, 0.717) is 33.0 Å². The van der Waals surface area contributed by atoms with Crippen LogP contribution in [0.25, 0.3) is 0 Å². The quantitative estimate of drug-likeness (QED) is 0.481. The first-order valence-electron chi connectivity index (χ1n) is 8.42. The van der Waals surface area contributed by atoms with Crippen LogP contribution in [0.4, 0.5) is 29.7 Å². The van der Waals surface area contributed by atoms with Gasteiger partial charge in [0.2, 0.25) is 5.91 Å². The van der Waals surface area contributed by atoms with Crippen molar-refractivity contribution < 1.29 is 27.4 Å². The van der Waals surface area contributed by atoms with Crippen molar-refractivity contribution >= 4 is 45.4 Å². The summed E-state index contributed by atoms with van der Waals surface area (Å²) >= 11 is 7.21. The van der Waals surface area contributed by atoms with E-state index in [1.165, 1.54) is 42.7 Å². The molecule has 30 heavy (non-hydrogen) atoms. The monoisotopic (exact) mass is 457 g/mol. The number of methoxy groups -OCH3 is 1. The number of benzene rings is 2. The van der Waals surface area contributed by atoms with Crippen LogP contribution in [0.15, 0.2) is 47.8 Å². The van der Waals surface area contributed by atoms with E-state index in [9.17, 15) is 18.0 Å². The van der Waals surface area contributed by atoms with E-state index < -0.39 is 6.36 Å². The van der Waals surface area contributed by atoms with Gasteiger partial charge in [0.25, 0.3) is 0 Å². The average Bonchev–Trinajstić information content (AvgIpc) is 3.09. The highest BCUT2D eigenvalue weighted by Crippen LogP contribution is 2.29. The van der Waals surface area contributed by atoms with Crippen LogP contribution in [0.5, 0.6) is 11.5 Å². The first-order valence-corrected chi connectivity index (χ1v) is 9.68. The third-order valence-corrected chi connectivity index (χ3v) is 4.71. The Hall–Kier alpha value is -2.98. The minimum absolute atomic E-state index is 0.0200. The molecule has 0 saturated carbocycles. The van der Waals surface area contributed by atoms with Gasteiger partial charge in [0.15, 0.2) is 5.13 Å². The van der Waals surface area contributed by atoms with Crippen molar-refractivity contribution in [2.24, 2.45) is 0 Å². The van der Waals surface area contributed by atoms with Gasteiger partial charge in [-0.05, 0) is 42.5 Å². The minimum Gasteiger partial charge on any atom is -0.495 e. The third-order valence-electron chi connectivity index (χ3n) is 3.67. The van der Waals surface area contributed by atoms with Crippen LogP contribution >= 0.6 is 22.9 Å². The van der Waals surface area contributed by atoms with E-state index in [2.05, 4.69) is 20.4 Å². The summed E-state index contributed by atoms with van der Waals surface area (Å²) in [6.07, 6.45) is -4.72. The summed E-state index contributed by atoms with van der Waals surface area (Å²) in [6.45, 7) is 0. The van der Waals surface area contributed by atoms with Gasteiger partial charge < -0.3 is 20.1 Å². The van der Waals surface area contributed by atoms with Crippen LogP contribution in [-0.2, 0) is 11.2 Å². The predicted molar refractivity (Wildman–Crippen MR) is 109 cm³/mol. The lowest BCUT2D eigenvalue weighted by Gasteiger charge is -2.10. The lowest BCUT2D eigenvalue weighted by atomic mass is 10.2. The lowest BCUT2D eigenvalue weighted by Crippen LogP contribution is -2.16.